The number of aliphatic hydroxyl groups is 1. The summed E-state index contributed by atoms with van der Waals surface area (Å²) in [5, 5.41) is 10.6. The molecule has 0 rings (SSSR count). The fourth-order valence-electron chi connectivity index (χ4n) is 10.7. The third-order valence-corrected chi connectivity index (χ3v) is 18.8. The van der Waals surface area contributed by atoms with Gasteiger partial charge in [0.05, 0.1) is 26.4 Å². The zero-order chi connectivity index (χ0) is 73.2. The van der Waals surface area contributed by atoms with Gasteiger partial charge in [-0.05, 0) is 135 Å². The van der Waals surface area contributed by atoms with Gasteiger partial charge in [0.25, 0.3) is 0 Å². The van der Waals surface area contributed by atoms with E-state index < -0.39 is 97.5 Å². The molecule has 0 heterocycles. The first kappa shape index (κ1) is 96.2. The van der Waals surface area contributed by atoms with Crippen LogP contribution in [0.3, 0.4) is 0 Å². The minimum atomic E-state index is -4.98. The number of aliphatic hydroxyl groups excluding tert-OH is 1. The van der Waals surface area contributed by atoms with Crippen molar-refractivity contribution in [3.8, 4) is 0 Å². The van der Waals surface area contributed by atoms with Gasteiger partial charge >= 0.3 is 39.5 Å². The Balaban J connectivity index is 5.39. The van der Waals surface area contributed by atoms with Crippen molar-refractivity contribution in [1.82, 2.24) is 0 Å². The van der Waals surface area contributed by atoms with Crippen LogP contribution in [0.4, 0.5) is 0 Å². The number of phosphoric ester groups is 2. The lowest BCUT2D eigenvalue weighted by Crippen LogP contribution is -2.30. The Morgan fingerprint density at radius 1 is 0.290 bits per heavy atom. The molecule has 0 fully saturated rings. The van der Waals surface area contributed by atoms with E-state index in [1.165, 1.54) is 109 Å². The molecule has 3 N–H and O–H groups in total. The average Bonchev–Trinajstić information content (AvgIpc) is 1.01. The predicted octanol–water partition coefficient (Wildman–Crippen LogP) is 23.0. The number of phosphoric acid groups is 2. The lowest BCUT2D eigenvalue weighted by Gasteiger charge is -2.21. The Morgan fingerprint density at radius 2 is 0.520 bits per heavy atom. The quantitative estimate of drug-likeness (QED) is 0.0128. The monoisotopic (exact) mass is 1450 g/mol. The van der Waals surface area contributed by atoms with E-state index in [-0.39, 0.29) is 25.7 Å². The number of esters is 4. The van der Waals surface area contributed by atoms with Crippen molar-refractivity contribution in [2.75, 3.05) is 39.6 Å². The maximum absolute atomic E-state index is 13.1. The first-order valence-electron chi connectivity index (χ1n) is 39.9. The fraction of sp³-hybridized carbons (Fsp3) is 0.778. The number of hydrogen-bond acceptors (Lipinski definition) is 15. The Hall–Kier alpha value is -3.76. The van der Waals surface area contributed by atoms with Crippen LogP contribution in [0.2, 0.25) is 0 Å². The van der Waals surface area contributed by atoms with Crippen LogP contribution >= 0.6 is 15.6 Å². The van der Waals surface area contributed by atoms with Crippen LogP contribution in [0.5, 0.6) is 0 Å². The van der Waals surface area contributed by atoms with Gasteiger partial charge in [-0.1, -0.05) is 273 Å². The summed E-state index contributed by atoms with van der Waals surface area (Å²) in [6.45, 7) is 4.79. The summed E-state index contributed by atoms with van der Waals surface area (Å²) in [7, 11) is -9.96. The smallest absolute Gasteiger partial charge is 0.462 e. The summed E-state index contributed by atoms with van der Waals surface area (Å²) in [6.07, 6.45) is 75.5. The highest BCUT2D eigenvalue weighted by Gasteiger charge is 2.30. The molecule has 580 valence electrons. The maximum atomic E-state index is 13.1. The number of hydrogen-bond donors (Lipinski definition) is 3. The molecule has 5 atom stereocenters. The second-order valence-electron chi connectivity index (χ2n) is 26.7. The molecular formula is C81H144O17P2. The van der Waals surface area contributed by atoms with Gasteiger partial charge in [0.2, 0.25) is 0 Å². The standard InChI is InChI=1S/C81H144O17P2/c1-5-9-13-17-21-25-29-33-37-41-45-49-53-57-61-65-78(83)91-71-76(97-80(85)67-63-59-55-51-47-43-39-35-31-27-23-19-15-11-7-3)73-95-99(87,88)93-69-75(82)70-94-100(89,90)96-74-77(98-81(86)68-64-60-56-52-48-44-40-36-32-28-24-20-16-12-8-4)72-92-79(84)66-62-58-54-50-46-42-38-34-30-26-22-18-14-10-6-2/h21,25-26,28,30,32-40,75-77,82H,5-20,22-24,27,29,31,41-74H2,1-4H3,(H,87,88)(H,89,90)/b25-21-,30-26-,32-28-,37-33-,38-34-,39-35-,40-36-/t75-,76+,77+/m0/s1. The third kappa shape index (κ3) is 72.6. The van der Waals surface area contributed by atoms with E-state index in [2.05, 4.69) is 113 Å². The minimum absolute atomic E-state index is 0.0749. The van der Waals surface area contributed by atoms with E-state index in [0.717, 1.165) is 161 Å². The van der Waals surface area contributed by atoms with Crippen molar-refractivity contribution in [2.24, 2.45) is 0 Å². The molecule has 19 heteroatoms. The molecule has 0 saturated carbocycles. The van der Waals surface area contributed by atoms with Crippen molar-refractivity contribution < 1.29 is 80.2 Å². The summed E-state index contributed by atoms with van der Waals surface area (Å²) in [5.74, 6) is -2.21. The fourth-order valence-corrected chi connectivity index (χ4v) is 12.3. The predicted molar refractivity (Wildman–Crippen MR) is 409 cm³/mol. The van der Waals surface area contributed by atoms with Crippen molar-refractivity contribution >= 4 is 39.5 Å². The first-order chi connectivity index (χ1) is 48.7. The summed E-state index contributed by atoms with van der Waals surface area (Å²) < 4.78 is 68.6. The van der Waals surface area contributed by atoms with Crippen LogP contribution in [0.25, 0.3) is 0 Å². The Kier molecular flexibility index (Phi) is 70.8. The largest absolute Gasteiger partial charge is 0.472 e. The minimum Gasteiger partial charge on any atom is -0.462 e. The molecule has 0 aromatic carbocycles. The van der Waals surface area contributed by atoms with Gasteiger partial charge in [0, 0.05) is 25.7 Å². The number of rotatable bonds is 75. The normalized spacial score (nSPS) is 14.3. The van der Waals surface area contributed by atoms with Gasteiger partial charge in [-0.25, -0.2) is 9.13 Å². The Labute approximate surface area is 608 Å². The molecule has 0 radical (unpaired) electrons. The van der Waals surface area contributed by atoms with Gasteiger partial charge in [0.1, 0.15) is 19.3 Å². The summed E-state index contributed by atoms with van der Waals surface area (Å²) in [4.78, 5) is 73.0. The summed E-state index contributed by atoms with van der Waals surface area (Å²) in [6, 6.07) is 0. The van der Waals surface area contributed by atoms with Crippen LogP contribution in [0, 0.1) is 0 Å². The number of carbonyl (C=O) groups is 4. The van der Waals surface area contributed by atoms with E-state index >= 15 is 0 Å². The number of allylic oxidation sites excluding steroid dienone is 14. The zero-order valence-electron chi connectivity index (χ0n) is 63.4. The molecule has 0 aliphatic carbocycles. The number of unbranched alkanes of at least 4 members (excludes halogenated alkanes) is 37. The highest BCUT2D eigenvalue weighted by molar-refractivity contribution is 7.47. The number of carbonyl (C=O) groups excluding carboxylic acids is 4. The zero-order valence-corrected chi connectivity index (χ0v) is 65.2. The van der Waals surface area contributed by atoms with Crippen molar-refractivity contribution in [3.63, 3.8) is 0 Å². The van der Waals surface area contributed by atoms with E-state index in [1.54, 1.807) is 0 Å². The second-order valence-corrected chi connectivity index (χ2v) is 29.6. The molecule has 0 amide bonds. The Bertz CT molecular complexity index is 2230. The van der Waals surface area contributed by atoms with Gasteiger partial charge in [-0.15, -0.1) is 0 Å². The van der Waals surface area contributed by atoms with E-state index in [4.69, 9.17) is 37.0 Å². The molecule has 0 aliphatic rings. The topological polar surface area (TPSA) is 237 Å². The molecule has 0 bridgehead atoms. The first-order valence-corrected chi connectivity index (χ1v) is 42.9. The molecule has 0 aromatic heterocycles. The van der Waals surface area contributed by atoms with Gasteiger partial charge in [-0.2, -0.15) is 0 Å². The van der Waals surface area contributed by atoms with E-state index in [0.29, 0.717) is 25.7 Å². The molecule has 0 spiro atoms. The number of ether oxygens (including phenoxy) is 4. The summed E-state index contributed by atoms with van der Waals surface area (Å²) >= 11 is 0. The van der Waals surface area contributed by atoms with Crippen LogP contribution in [0.15, 0.2) is 85.1 Å². The van der Waals surface area contributed by atoms with Crippen molar-refractivity contribution in [1.29, 1.82) is 0 Å². The second kappa shape index (κ2) is 73.5. The van der Waals surface area contributed by atoms with Crippen LogP contribution in [-0.4, -0.2) is 96.7 Å². The highest BCUT2D eigenvalue weighted by Crippen LogP contribution is 2.45. The molecule has 2 unspecified atom stereocenters. The molecule has 0 aliphatic heterocycles. The van der Waals surface area contributed by atoms with Crippen LogP contribution in [0.1, 0.15) is 349 Å². The van der Waals surface area contributed by atoms with E-state index in [9.17, 15) is 43.2 Å². The average molecular weight is 1450 g/mol. The van der Waals surface area contributed by atoms with Crippen LogP contribution in [-0.2, 0) is 65.4 Å². The lowest BCUT2D eigenvalue weighted by molar-refractivity contribution is -0.161. The third-order valence-electron chi connectivity index (χ3n) is 16.9. The van der Waals surface area contributed by atoms with Crippen molar-refractivity contribution in [3.05, 3.63) is 85.1 Å². The summed E-state index contributed by atoms with van der Waals surface area (Å²) in [5.41, 5.74) is 0. The van der Waals surface area contributed by atoms with Gasteiger partial charge in [-0.3, -0.25) is 37.3 Å². The molecular weight excluding hydrogens is 1310 g/mol. The molecule has 0 aromatic rings. The van der Waals surface area contributed by atoms with Gasteiger partial charge in [0.15, 0.2) is 12.2 Å². The lowest BCUT2D eigenvalue weighted by atomic mass is 10.1. The molecule has 0 saturated heterocycles. The molecule has 17 nitrogen and oxygen atoms in total. The molecule has 100 heavy (non-hydrogen) atoms. The highest BCUT2D eigenvalue weighted by atomic mass is 31.2. The SMILES string of the molecule is CCCCC/C=C\C/C=C\CCCCCCCC(=O)OC[C@H](COP(=O)(O)OC[C@H](O)COP(=O)(O)OC[C@@H](COC(=O)CCCCCCC/C=C\C=C/CCCCCC)OC(=O)CCCCCCC/C=C\C=C/CCCCCC)OC(=O)CCCCCCC/C=C\CCCCCCCC. The van der Waals surface area contributed by atoms with Gasteiger partial charge < -0.3 is 33.8 Å². The van der Waals surface area contributed by atoms with Crippen LogP contribution < -0.4 is 0 Å². The Morgan fingerprint density at radius 3 is 0.840 bits per heavy atom. The maximum Gasteiger partial charge on any atom is 0.472 e. The van der Waals surface area contributed by atoms with E-state index in [1.807, 2.05) is 0 Å². The van der Waals surface area contributed by atoms with Crippen molar-refractivity contribution in [2.45, 2.75) is 367 Å².